The first-order chi connectivity index (χ1) is 12.3. The fraction of sp³-hybridized carbons (Fsp3) is 0.500. The van der Waals surface area contributed by atoms with E-state index in [9.17, 15) is 13.2 Å². The zero-order chi connectivity index (χ0) is 18.9. The van der Waals surface area contributed by atoms with Crippen LogP contribution in [0.25, 0.3) is 0 Å². The van der Waals surface area contributed by atoms with Crippen molar-refractivity contribution in [1.29, 1.82) is 0 Å². The third-order valence-electron chi connectivity index (χ3n) is 4.48. The maximum absolute atomic E-state index is 13.0. The lowest BCUT2D eigenvalue weighted by Gasteiger charge is -2.31. The largest absolute Gasteiger partial charge is 0.459 e. The number of aromatic nitrogens is 2. The van der Waals surface area contributed by atoms with Gasteiger partial charge in [-0.05, 0) is 37.8 Å². The van der Waals surface area contributed by atoms with Crippen LogP contribution in [0.2, 0.25) is 5.15 Å². The maximum atomic E-state index is 13.0. The topological polar surface area (TPSA) is 97.4 Å². The average Bonchev–Trinajstić information content (AvgIpc) is 3.22. The number of halogens is 1. The highest BCUT2D eigenvalue weighted by atomic mass is 35.5. The second kappa shape index (κ2) is 7.42. The van der Waals surface area contributed by atoms with Crippen molar-refractivity contribution in [2.75, 3.05) is 19.6 Å². The Labute approximate surface area is 157 Å². The molecule has 1 aliphatic rings. The molecular formula is C16H21ClN4O4S. The number of piperidine rings is 1. The molecule has 1 aliphatic heterocycles. The molecule has 10 heteroatoms. The first kappa shape index (κ1) is 18.9. The van der Waals surface area contributed by atoms with Gasteiger partial charge in [-0.25, -0.2) is 8.42 Å². The maximum Gasteiger partial charge on any atom is 0.286 e. The van der Waals surface area contributed by atoms with E-state index in [4.69, 9.17) is 16.0 Å². The Hall–Kier alpha value is -1.84. The van der Waals surface area contributed by atoms with Gasteiger partial charge >= 0.3 is 0 Å². The lowest BCUT2D eigenvalue weighted by Crippen LogP contribution is -2.43. The number of nitrogens with zero attached hydrogens (tertiary/aromatic N) is 3. The van der Waals surface area contributed by atoms with Gasteiger partial charge in [0, 0.05) is 26.7 Å². The van der Waals surface area contributed by atoms with Gasteiger partial charge in [0.2, 0.25) is 10.0 Å². The number of furan rings is 1. The Kier molecular flexibility index (Phi) is 5.40. The van der Waals surface area contributed by atoms with E-state index in [0.717, 1.165) is 12.8 Å². The van der Waals surface area contributed by atoms with E-state index in [2.05, 4.69) is 10.4 Å². The van der Waals surface area contributed by atoms with Crippen LogP contribution in [0.4, 0.5) is 0 Å². The molecule has 0 aromatic carbocycles. The molecule has 0 bridgehead atoms. The van der Waals surface area contributed by atoms with Crippen LogP contribution in [0.3, 0.4) is 0 Å². The monoisotopic (exact) mass is 400 g/mol. The van der Waals surface area contributed by atoms with Gasteiger partial charge in [-0.15, -0.1) is 0 Å². The van der Waals surface area contributed by atoms with Gasteiger partial charge in [0.25, 0.3) is 5.91 Å². The van der Waals surface area contributed by atoms with Crippen LogP contribution in [0.15, 0.2) is 27.7 Å². The molecule has 142 valence electrons. The second-order valence-electron chi connectivity index (χ2n) is 6.39. The van der Waals surface area contributed by atoms with Crippen molar-refractivity contribution in [2.45, 2.75) is 24.7 Å². The molecule has 2 aromatic rings. The number of carbonyl (C=O) groups is 1. The van der Waals surface area contributed by atoms with E-state index >= 15 is 0 Å². The van der Waals surface area contributed by atoms with Crippen LogP contribution >= 0.6 is 11.6 Å². The molecule has 1 N–H and O–H groups in total. The number of sulfonamides is 1. The molecule has 1 fully saturated rings. The number of carbonyl (C=O) groups excluding carboxylic acids is 1. The van der Waals surface area contributed by atoms with E-state index in [0.29, 0.717) is 25.3 Å². The van der Waals surface area contributed by atoms with Crippen molar-refractivity contribution in [3.05, 3.63) is 35.0 Å². The highest BCUT2D eigenvalue weighted by Crippen LogP contribution is 2.30. The van der Waals surface area contributed by atoms with Gasteiger partial charge in [-0.1, -0.05) is 11.6 Å². The van der Waals surface area contributed by atoms with Crippen LogP contribution in [0.5, 0.6) is 0 Å². The predicted molar refractivity (Wildman–Crippen MR) is 95.5 cm³/mol. The van der Waals surface area contributed by atoms with E-state index in [1.54, 1.807) is 26.1 Å². The number of hydrogen-bond donors (Lipinski definition) is 1. The SMILES string of the molecule is Cc1nn(C)c(Cl)c1S(=O)(=O)N1CCC[C@@H](CNC(=O)c2ccco2)C1. The Morgan fingerprint density at radius 1 is 1.50 bits per heavy atom. The molecule has 2 aromatic heterocycles. The van der Waals surface area contributed by atoms with Crippen LogP contribution < -0.4 is 5.32 Å². The third-order valence-corrected chi connectivity index (χ3v) is 7.04. The molecule has 0 radical (unpaired) electrons. The Morgan fingerprint density at radius 3 is 2.88 bits per heavy atom. The fourth-order valence-corrected chi connectivity index (χ4v) is 5.44. The molecule has 0 unspecified atom stereocenters. The molecule has 3 heterocycles. The van der Waals surface area contributed by atoms with Crippen LogP contribution in [-0.4, -0.2) is 48.0 Å². The fourth-order valence-electron chi connectivity index (χ4n) is 3.18. The summed E-state index contributed by atoms with van der Waals surface area (Å²) in [6.07, 6.45) is 2.99. The summed E-state index contributed by atoms with van der Waals surface area (Å²) in [5.74, 6) is -0.0441. The summed E-state index contributed by atoms with van der Waals surface area (Å²) >= 11 is 6.14. The third kappa shape index (κ3) is 3.65. The summed E-state index contributed by atoms with van der Waals surface area (Å²) in [7, 11) is -2.12. The summed E-state index contributed by atoms with van der Waals surface area (Å²) < 4.78 is 33.8. The lowest BCUT2D eigenvalue weighted by molar-refractivity contribution is 0.0913. The molecule has 8 nitrogen and oxygen atoms in total. The highest BCUT2D eigenvalue weighted by Gasteiger charge is 2.34. The molecule has 26 heavy (non-hydrogen) atoms. The summed E-state index contributed by atoms with van der Waals surface area (Å²) in [5, 5.41) is 6.99. The molecule has 1 atom stereocenters. The Morgan fingerprint density at radius 2 is 2.27 bits per heavy atom. The van der Waals surface area contributed by atoms with E-state index in [1.165, 1.54) is 15.3 Å². The van der Waals surface area contributed by atoms with E-state index < -0.39 is 10.0 Å². The minimum Gasteiger partial charge on any atom is -0.459 e. The standard InChI is InChI=1S/C16H21ClN4O4S/c1-11-14(15(17)20(2)19-11)26(23,24)21-7-3-5-12(10-21)9-18-16(22)13-6-4-8-25-13/h4,6,8,12H,3,5,7,9-10H2,1-2H3,(H,18,22)/t12-/m0/s1. The van der Waals surface area contributed by atoms with Crippen molar-refractivity contribution >= 4 is 27.5 Å². The minimum absolute atomic E-state index is 0.0215. The van der Waals surface area contributed by atoms with Crippen LogP contribution in [0.1, 0.15) is 29.1 Å². The molecule has 1 saturated heterocycles. The van der Waals surface area contributed by atoms with Gasteiger partial charge in [0.15, 0.2) is 5.76 Å². The first-order valence-corrected chi connectivity index (χ1v) is 10.1. The van der Waals surface area contributed by atoms with Crippen molar-refractivity contribution in [3.63, 3.8) is 0 Å². The number of aryl methyl sites for hydroxylation is 2. The van der Waals surface area contributed by atoms with Crippen molar-refractivity contribution in [1.82, 2.24) is 19.4 Å². The summed E-state index contributed by atoms with van der Waals surface area (Å²) in [6.45, 7) is 2.76. The first-order valence-electron chi connectivity index (χ1n) is 8.31. The Bertz CT molecular complexity index is 892. The summed E-state index contributed by atoms with van der Waals surface area (Å²) in [6, 6.07) is 3.23. The van der Waals surface area contributed by atoms with Crippen LogP contribution in [-0.2, 0) is 17.1 Å². The predicted octanol–water partition coefficient (Wildman–Crippen LogP) is 1.81. The Balaban J connectivity index is 1.69. The summed E-state index contributed by atoms with van der Waals surface area (Å²) in [5.41, 5.74) is 0.380. The number of rotatable bonds is 5. The van der Waals surface area contributed by atoms with Crippen LogP contribution in [0, 0.1) is 12.8 Å². The molecule has 1 amide bonds. The lowest BCUT2D eigenvalue weighted by atomic mass is 10.00. The van der Waals surface area contributed by atoms with Crippen molar-refractivity contribution in [2.24, 2.45) is 13.0 Å². The average molecular weight is 401 g/mol. The van der Waals surface area contributed by atoms with Gasteiger partial charge in [0.1, 0.15) is 10.0 Å². The second-order valence-corrected chi connectivity index (χ2v) is 8.62. The number of hydrogen-bond acceptors (Lipinski definition) is 5. The normalized spacial score (nSPS) is 18.8. The molecule has 3 rings (SSSR count). The van der Waals surface area contributed by atoms with Gasteiger partial charge < -0.3 is 9.73 Å². The molecular weight excluding hydrogens is 380 g/mol. The molecule has 0 aliphatic carbocycles. The molecule has 0 spiro atoms. The van der Waals surface area contributed by atoms with Crippen molar-refractivity contribution in [3.8, 4) is 0 Å². The van der Waals surface area contributed by atoms with E-state index in [1.807, 2.05) is 0 Å². The smallest absolute Gasteiger partial charge is 0.286 e. The van der Waals surface area contributed by atoms with E-state index in [-0.39, 0.29) is 27.6 Å². The van der Waals surface area contributed by atoms with Gasteiger partial charge in [-0.2, -0.15) is 9.40 Å². The quantitative estimate of drug-likeness (QED) is 0.825. The number of amides is 1. The zero-order valence-corrected chi connectivity index (χ0v) is 16.2. The van der Waals surface area contributed by atoms with Crippen molar-refractivity contribution < 1.29 is 17.6 Å². The number of nitrogens with one attached hydrogen (secondary N) is 1. The zero-order valence-electron chi connectivity index (χ0n) is 14.6. The van der Waals surface area contributed by atoms with Gasteiger partial charge in [0.05, 0.1) is 12.0 Å². The summed E-state index contributed by atoms with van der Waals surface area (Å²) in [4.78, 5) is 12.0. The highest BCUT2D eigenvalue weighted by molar-refractivity contribution is 7.89. The molecule has 0 saturated carbocycles. The minimum atomic E-state index is -3.73. The van der Waals surface area contributed by atoms with Gasteiger partial charge in [-0.3, -0.25) is 9.48 Å².